The maximum Gasteiger partial charge on any atom is 0.264 e. The van der Waals surface area contributed by atoms with Crippen molar-refractivity contribution in [1.29, 1.82) is 0 Å². The van der Waals surface area contributed by atoms with Gasteiger partial charge in [0.25, 0.3) is 10.0 Å². The summed E-state index contributed by atoms with van der Waals surface area (Å²) in [6.07, 6.45) is 0.203. The molecule has 0 radical (unpaired) electrons. The summed E-state index contributed by atoms with van der Waals surface area (Å²) in [6, 6.07) is 27.3. The van der Waals surface area contributed by atoms with Gasteiger partial charge in [0, 0.05) is 19.5 Å². The first-order chi connectivity index (χ1) is 20.6. The number of carbonyl (C=O) groups is 2. The van der Waals surface area contributed by atoms with Crippen LogP contribution >= 0.6 is 0 Å². The quantitative estimate of drug-likeness (QED) is 0.235. The Morgan fingerprint density at radius 2 is 1.37 bits per heavy atom. The van der Waals surface area contributed by atoms with Gasteiger partial charge in [0.05, 0.1) is 10.6 Å². The number of amides is 2. The van der Waals surface area contributed by atoms with E-state index in [-0.39, 0.29) is 23.8 Å². The normalized spacial score (nSPS) is 11.9. The van der Waals surface area contributed by atoms with Crippen molar-refractivity contribution in [2.45, 2.75) is 44.7 Å². The van der Waals surface area contributed by atoms with Crippen LogP contribution in [0.1, 0.15) is 29.2 Å². The second-order valence-corrected chi connectivity index (χ2v) is 12.3. The number of carbonyl (C=O) groups excluding carboxylic acids is 2. The van der Waals surface area contributed by atoms with Crippen LogP contribution in [-0.4, -0.2) is 44.3 Å². The van der Waals surface area contributed by atoms with Crippen LogP contribution in [0.2, 0.25) is 0 Å². The molecule has 0 aliphatic rings. The summed E-state index contributed by atoms with van der Waals surface area (Å²) in [4.78, 5) is 29.2. The molecular formula is C34H36FN3O4S. The van der Waals surface area contributed by atoms with E-state index in [4.69, 9.17) is 0 Å². The van der Waals surface area contributed by atoms with Crippen LogP contribution in [0.25, 0.3) is 0 Å². The highest BCUT2D eigenvalue weighted by Crippen LogP contribution is 2.26. The van der Waals surface area contributed by atoms with Crippen molar-refractivity contribution in [2.24, 2.45) is 0 Å². The maximum absolute atomic E-state index is 14.3. The average Bonchev–Trinajstić information content (AvgIpc) is 3.00. The van der Waals surface area contributed by atoms with Crippen LogP contribution in [0.4, 0.5) is 10.1 Å². The lowest BCUT2D eigenvalue weighted by molar-refractivity contribution is -0.140. The Balaban J connectivity index is 1.78. The summed E-state index contributed by atoms with van der Waals surface area (Å²) in [5.74, 6) is -1.38. The first-order valence-corrected chi connectivity index (χ1v) is 15.5. The van der Waals surface area contributed by atoms with Crippen LogP contribution in [0.15, 0.2) is 108 Å². The van der Waals surface area contributed by atoms with Crippen molar-refractivity contribution in [3.63, 3.8) is 0 Å². The van der Waals surface area contributed by atoms with Crippen molar-refractivity contribution in [3.05, 3.63) is 131 Å². The molecule has 4 aromatic carbocycles. The second-order valence-electron chi connectivity index (χ2n) is 10.4. The van der Waals surface area contributed by atoms with Gasteiger partial charge in [0.1, 0.15) is 18.4 Å². The highest BCUT2D eigenvalue weighted by Gasteiger charge is 2.34. The van der Waals surface area contributed by atoms with Gasteiger partial charge in [-0.15, -0.1) is 0 Å². The van der Waals surface area contributed by atoms with Gasteiger partial charge in [-0.3, -0.25) is 13.9 Å². The Labute approximate surface area is 253 Å². The molecule has 0 aliphatic heterocycles. The summed E-state index contributed by atoms with van der Waals surface area (Å²) in [5, 5.41) is 2.82. The third kappa shape index (κ3) is 8.08. The number of halogens is 1. The van der Waals surface area contributed by atoms with Crippen LogP contribution in [0.3, 0.4) is 0 Å². The van der Waals surface area contributed by atoms with Gasteiger partial charge in [-0.05, 0) is 68.3 Å². The Kier molecular flexibility index (Phi) is 10.3. The number of nitrogens with one attached hydrogen (secondary N) is 1. The fourth-order valence-corrected chi connectivity index (χ4v) is 6.12. The summed E-state index contributed by atoms with van der Waals surface area (Å²) in [7, 11) is -4.17. The molecule has 7 nitrogen and oxygen atoms in total. The topological polar surface area (TPSA) is 86.8 Å². The van der Waals surface area contributed by atoms with Crippen molar-refractivity contribution < 1.29 is 22.4 Å². The number of hydrogen-bond acceptors (Lipinski definition) is 4. The molecule has 1 unspecified atom stereocenters. The summed E-state index contributed by atoms with van der Waals surface area (Å²) >= 11 is 0. The molecule has 1 N–H and O–H groups in total. The van der Waals surface area contributed by atoms with Crippen LogP contribution in [0.5, 0.6) is 0 Å². The molecule has 4 aromatic rings. The molecule has 0 saturated heterocycles. The third-order valence-corrected chi connectivity index (χ3v) is 8.89. The number of likely N-dealkylation sites (N-methyl/N-ethyl adjacent to an activating group) is 1. The predicted octanol–water partition coefficient (Wildman–Crippen LogP) is 5.41. The minimum atomic E-state index is -4.17. The van der Waals surface area contributed by atoms with Gasteiger partial charge in [-0.2, -0.15) is 0 Å². The van der Waals surface area contributed by atoms with Crippen molar-refractivity contribution in [1.82, 2.24) is 10.2 Å². The number of sulfonamides is 1. The molecule has 9 heteroatoms. The van der Waals surface area contributed by atoms with Crippen molar-refractivity contribution >= 4 is 27.5 Å². The van der Waals surface area contributed by atoms with E-state index < -0.39 is 34.3 Å². The Bertz CT molecular complexity index is 1630. The molecule has 1 atom stereocenters. The number of anilines is 1. The van der Waals surface area contributed by atoms with Gasteiger partial charge >= 0.3 is 0 Å². The van der Waals surface area contributed by atoms with E-state index >= 15 is 0 Å². The Morgan fingerprint density at radius 3 is 1.95 bits per heavy atom. The highest BCUT2D eigenvalue weighted by molar-refractivity contribution is 7.92. The zero-order valence-corrected chi connectivity index (χ0v) is 25.4. The monoisotopic (exact) mass is 601 g/mol. The molecule has 0 fully saturated rings. The third-order valence-electron chi connectivity index (χ3n) is 7.10. The first kappa shape index (κ1) is 31.4. The first-order valence-electron chi connectivity index (χ1n) is 14.1. The zero-order valence-electron chi connectivity index (χ0n) is 24.5. The predicted molar refractivity (Wildman–Crippen MR) is 166 cm³/mol. The van der Waals surface area contributed by atoms with Gasteiger partial charge in [-0.25, -0.2) is 12.8 Å². The van der Waals surface area contributed by atoms with E-state index in [9.17, 15) is 22.4 Å². The minimum absolute atomic E-state index is 0.0277. The van der Waals surface area contributed by atoms with E-state index in [0.717, 1.165) is 21.0 Å². The average molecular weight is 602 g/mol. The molecule has 0 aliphatic carbocycles. The number of benzene rings is 4. The molecule has 0 heterocycles. The summed E-state index contributed by atoms with van der Waals surface area (Å²) < 4.78 is 42.9. The standard InChI is InChI=1S/C34H36FN3O4S/c1-4-36-34(40)32(22-27-8-6-5-7-9-27)37(23-28-14-16-29(35)17-15-28)33(39)24-38(30-18-10-25(2)11-19-30)43(41,42)31-20-12-26(3)13-21-31/h5-21,32H,4,22-24H2,1-3H3,(H,36,40). The molecule has 43 heavy (non-hydrogen) atoms. The molecule has 0 aromatic heterocycles. The van der Waals surface area contributed by atoms with Crippen LogP contribution in [-0.2, 0) is 32.6 Å². The minimum Gasteiger partial charge on any atom is -0.355 e. The molecule has 224 valence electrons. The van der Waals surface area contributed by atoms with Gasteiger partial charge in [-0.1, -0.05) is 77.9 Å². The van der Waals surface area contributed by atoms with Gasteiger partial charge < -0.3 is 10.2 Å². The molecule has 2 amide bonds. The number of nitrogens with zero attached hydrogens (tertiary/aromatic N) is 2. The van der Waals surface area contributed by atoms with E-state index in [0.29, 0.717) is 17.8 Å². The maximum atomic E-state index is 14.3. The molecule has 0 saturated carbocycles. The molecule has 4 rings (SSSR count). The van der Waals surface area contributed by atoms with E-state index in [1.165, 1.54) is 29.2 Å². The van der Waals surface area contributed by atoms with Crippen molar-refractivity contribution in [3.8, 4) is 0 Å². The lowest BCUT2D eigenvalue weighted by atomic mass is 10.0. The van der Waals surface area contributed by atoms with Gasteiger partial charge in [0.15, 0.2) is 0 Å². The number of hydrogen-bond donors (Lipinski definition) is 1. The largest absolute Gasteiger partial charge is 0.355 e. The summed E-state index contributed by atoms with van der Waals surface area (Å²) in [6.45, 7) is 5.31. The summed E-state index contributed by atoms with van der Waals surface area (Å²) in [5.41, 5.74) is 3.57. The van der Waals surface area contributed by atoms with Crippen LogP contribution in [0, 0.1) is 19.7 Å². The second kappa shape index (κ2) is 14.1. The lowest BCUT2D eigenvalue weighted by Gasteiger charge is -2.34. The van der Waals surface area contributed by atoms with E-state index in [2.05, 4.69) is 5.32 Å². The fraction of sp³-hybridized carbons (Fsp3) is 0.235. The van der Waals surface area contributed by atoms with E-state index in [1.54, 1.807) is 55.5 Å². The lowest BCUT2D eigenvalue weighted by Crippen LogP contribution is -2.53. The van der Waals surface area contributed by atoms with Gasteiger partial charge in [0.2, 0.25) is 11.8 Å². The molecule has 0 spiro atoms. The Morgan fingerprint density at radius 1 is 0.791 bits per heavy atom. The smallest absolute Gasteiger partial charge is 0.264 e. The molecule has 0 bridgehead atoms. The fourth-order valence-electron chi connectivity index (χ4n) is 4.71. The number of aryl methyl sites for hydroxylation is 2. The van der Waals surface area contributed by atoms with Crippen LogP contribution < -0.4 is 9.62 Å². The Hall–Kier alpha value is -4.50. The zero-order chi connectivity index (χ0) is 31.0. The molecular weight excluding hydrogens is 565 g/mol. The van der Waals surface area contributed by atoms with Crippen molar-refractivity contribution in [2.75, 3.05) is 17.4 Å². The number of rotatable bonds is 12. The highest BCUT2D eigenvalue weighted by atomic mass is 32.2. The SMILES string of the molecule is CCNC(=O)C(Cc1ccccc1)N(Cc1ccc(F)cc1)C(=O)CN(c1ccc(C)cc1)S(=O)(=O)c1ccc(C)cc1. The van der Waals surface area contributed by atoms with E-state index in [1.807, 2.05) is 44.2 Å².